The van der Waals surface area contributed by atoms with Crippen LogP contribution in [-0.2, 0) is 0 Å². The predicted octanol–water partition coefficient (Wildman–Crippen LogP) is 2.49. The second kappa shape index (κ2) is 4.66. The third kappa shape index (κ3) is 3.21. The van der Waals surface area contributed by atoms with E-state index in [0.717, 1.165) is 18.0 Å². The summed E-state index contributed by atoms with van der Waals surface area (Å²) in [5.41, 5.74) is 0.534. The molecule has 0 amide bonds. The van der Waals surface area contributed by atoms with Crippen molar-refractivity contribution in [2.24, 2.45) is 11.3 Å². The van der Waals surface area contributed by atoms with Gasteiger partial charge in [0, 0.05) is 25.2 Å². The van der Waals surface area contributed by atoms with Crippen LogP contribution in [0.3, 0.4) is 0 Å². The van der Waals surface area contributed by atoms with Crippen molar-refractivity contribution in [1.29, 1.82) is 0 Å². The molecule has 2 fully saturated rings. The van der Waals surface area contributed by atoms with E-state index < -0.39 is 0 Å². The van der Waals surface area contributed by atoms with Gasteiger partial charge in [-0.1, -0.05) is 27.7 Å². The molecule has 16 heavy (non-hydrogen) atoms. The molecule has 1 saturated carbocycles. The lowest BCUT2D eigenvalue weighted by molar-refractivity contribution is 0.169. The van der Waals surface area contributed by atoms with Crippen LogP contribution in [0.2, 0.25) is 0 Å². The number of hydrogen-bond acceptors (Lipinski definition) is 2. The van der Waals surface area contributed by atoms with E-state index in [2.05, 4.69) is 37.9 Å². The molecule has 0 radical (unpaired) electrons. The minimum atomic E-state index is 0.534. The van der Waals surface area contributed by atoms with E-state index in [9.17, 15) is 0 Å². The molecule has 0 spiro atoms. The fraction of sp³-hybridized carbons (Fsp3) is 1.00. The van der Waals surface area contributed by atoms with Crippen molar-refractivity contribution in [2.75, 3.05) is 19.6 Å². The van der Waals surface area contributed by atoms with Gasteiger partial charge in [0.1, 0.15) is 0 Å². The normalized spacial score (nSPS) is 27.6. The molecule has 1 unspecified atom stereocenters. The fourth-order valence-electron chi connectivity index (χ4n) is 2.80. The van der Waals surface area contributed by atoms with Crippen molar-refractivity contribution in [3.05, 3.63) is 0 Å². The minimum Gasteiger partial charge on any atom is -0.312 e. The van der Waals surface area contributed by atoms with E-state index in [-0.39, 0.29) is 0 Å². The first-order chi connectivity index (χ1) is 7.48. The van der Waals surface area contributed by atoms with Crippen molar-refractivity contribution in [3.8, 4) is 0 Å². The van der Waals surface area contributed by atoms with Crippen LogP contribution in [0.5, 0.6) is 0 Å². The number of rotatable bonds is 5. The summed E-state index contributed by atoms with van der Waals surface area (Å²) in [6, 6.07) is 1.58. The molecule has 1 saturated heterocycles. The van der Waals surface area contributed by atoms with Gasteiger partial charge in [0.25, 0.3) is 0 Å². The van der Waals surface area contributed by atoms with Gasteiger partial charge in [-0.05, 0) is 37.1 Å². The first kappa shape index (κ1) is 12.4. The van der Waals surface area contributed by atoms with Crippen LogP contribution < -0.4 is 5.32 Å². The molecular weight excluding hydrogens is 196 g/mol. The van der Waals surface area contributed by atoms with Gasteiger partial charge in [-0.3, -0.25) is 4.90 Å². The Morgan fingerprint density at radius 2 is 2.00 bits per heavy atom. The van der Waals surface area contributed by atoms with Crippen molar-refractivity contribution < 1.29 is 0 Å². The molecule has 0 aromatic heterocycles. The zero-order valence-corrected chi connectivity index (χ0v) is 11.4. The Morgan fingerprint density at radius 1 is 1.31 bits per heavy atom. The predicted molar refractivity (Wildman–Crippen MR) is 69.6 cm³/mol. The zero-order valence-electron chi connectivity index (χ0n) is 11.4. The molecule has 1 aliphatic carbocycles. The summed E-state index contributed by atoms with van der Waals surface area (Å²) >= 11 is 0. The number of likely N-dealkylation sites (tertiary alicyclic amines) is 1. The SMILES string of the molecule is CC(C)C(CNC1CC1)N1CCC(C)(C)C1. The highest BCUT2D eigenvalue weighted by atomic mass is 15.2. The Morgan fingerprint density at radius 3 is 2.44 bits per heavy atom. The van der Waals surface area contributed by atoms with Crippen molar-refractivity contribution in [2.45, 2.75) is 59.0 Å². The van der Waals surface area contributed by atoms with E-state index in [1.807, 2.05) is 0 Å². The molecule has 2 heteroatoms. The summed E-state index contributed by atoms with van der Waals surface area (Å²) in [6.07, 6.45) is 4.16. The van der Waals surface area contributed by atoms with Gasteiger partial charge in [-0.25, -0.2) is 0 Å². The Balaban J connectivity index is 1.85. The van der Waals surface area contributed by atoms with Crippen LogP contribution in [0.25, 0.3) is 0 Å². The summed E-state index contributed by atoms with van der Waals surface area (Å²) in [4.78, 5) is 2.71. The van der Waals surface area contributed by atoms with Gasteiger partial charge in [-0.2, -0.15) is 0 Å². The average Bonchev–Trinajstić information content (AvgIpc) is 2.91. The molecule has 0 bridgehead atoms. The van der Waals surface area contributed by atoms with E-state index in [4.69, 9.17) is 0 Å². The van der Waals surface area contributed by atoms with E-state index >= 15 is 0 Å². The average molecular weight is 224 g/mol. The lowest BCUT2D eigenvalue weighted by Crippen LogP contribution is -2.45. The summed E-state index contributed by atoms with van der Waals surface area (Å²) in [5.74, 6) is 0.764. The number of hydrogen-bond donors (Lipinski definition) is 1. The smallest absolute Gasteiger partial charge is 0.0243 e. The topological polar surface area (TPSA) is 15.3 Å². The molecule has 1 N–H and O–H groups in total. The molecule has 1 aliphatic heterocycles. The van der Waals surface area contributed by atoms with E-state index in [0.29, 0.717) is 5.41 Å². The van der Waals surface area contributed by atoms with Crippen molar-refractivity contribution in [1.82, 2.24) is 10.2 Å². The van der Waals surface area contributed by atoms with Crippen LogP contribution in [0, 0.1) is 11.3 Å². The Kier molecular flexibility index (Phi) is 3.60. The van der Waals surface area contributed by atoms with E-state index in [1.165, 1.54) is 38.9 Å². The highest BCUT2D eigenvalue weighted by Crippen LogP contribution is 2.31. The van der Waals surface area contributed by atoms with Gasteiger partial charge >= 0.3 is 0 Å². The van der Waals surface area contributed by atoms with Gasteiger partial charge in [-0.15, -0.1) is 0 Å². The third-order valence-electron chi connectivity index (χ3n) is 4.14. The van der Waals surface area contributed by atoms with Gasteiger partial charge in [0.15, 0.2) is 0 Å². The first-order valence-electron chi connectivity index (χ1n) is 6.95. The third-order valence-corrected chi connectivity index (χ3v) is 4.14. The van der Waals surface area contributed by atoms with Crippen molar-refractivity contribution >= 4 is 0 Å². The minimum absolute atomic E-state index is 0.534. The maximum atomic E-state index is 3.70. The molecule has 94 valence electrons. The molecule has 0 aromatic rings. The number of nitrogens with zero attached hydrogens (tertiary/aromatic N) is 1. The molecule has 2 rings (SSSR count). The maximum absolute atomic E-state index is 3.70. The van der Waals surface area contributed by atoms with Gasteiger partial charge in [0.05, 0.1) is 0 Å². The highest BCUT2D eigenvalue weighted by Gasteiger charge is 2.34. The summed E-state index contributed by atoms with van der Waals surface area (Å²) in [5, 5.41) is 3.70. The standard InChI is InChI=1S/C14H28N2/c1-11(2)13(9-15-12-5-6-12)16-8-7-14(3,4)10-16/h11-13,15H,5-10H2,1-4H3. The summed E-state index contributed by atoms with van der Waals surface area (Å²) < 4.78 is 0. The largest absolute Gasteiger partial charge is 0.312 e. The quantitative estimate of drug-likeness (QED) is 0.772. The fourth-order valence-corrected chi connectivity index (χ4v) is 2.80. The van der Waals surface area contributed by atoms with Crippen LogP contribution in [0.15, 0.2) is 0 Å². The Hall–Kier alpha value is -0.0800. The van der Waals surface area contributed by atoms with Gasteiger partial charge in [0.2, 0.25) is 0 Å². The summed E-state index contributed by atoms with van der Waals surface area (Å²) in [7, 11) is 0. The summed E-state index contributed by atoms with van der Waals surface area (Å²) in [6.45, 7) is 13.3. The lowest BCUT2D eigenvalue weighted by Gasteiger charge is -2.32. The second-order valence-corrected chi connectivity index (χ2v) is 6.88. The second-order valence-electron chi connectivity index (χ2n) is 6.88. The van der Waals surface area contributed by atoms with Gasteiger partial charge < -0.3 is 5.32 Å². The molecule has 2 aliphatic rings. The molecule has 1 heterocycles. The highest BCUT2D eigenvalue weighted by molar-refractivity contribution is 4.90. The zero-order chi connectivity index (χ0) is 11.8. The van der Waals surface area contributed by atoms with Crippen LogP contribution in [0.1, 0.15) is 47.0 Å². The lowest BCUT2D eigenvalue weighted by atomic mass is 9.93. The van der Waals surface area contributed by atoms with E-state index in [1.54, 1.807) is 0 Å². The Bertz CT molecular complexity index is 231. The van der Waals surface area contributed by atoms with Crippen LogP contribution >= 0.6 is 0 Å². The van der Waals surface area contributed by atoms with Crippen LogP contribution in [-0.4, -0.2) is 36.6 Å². The molecule has 2 nitrogen and oxygen atoms in total. The number of nitrogens with one attached hydrogen (secondary N) is 1. The molecule has 0 aromatic carbocycles. The molecular formula is C14H28N2. The first-order valence-corrected chi connectivity index (χ1v) is 6.95. The monoisotopic (exact) mass is 224 g/mol. The van der Waals surface area contributed by atoms with Crippen molar-refractivity contribution in [3.63, 3.8) is 0 Å². The molecule has 1 atom stereocenters. The van der Waals surface area contributed by atoms with Crippen LogP contribution in [0.4, 0.5) is 0 Å². The maximum Gasteiger partial charge on any atom is 0.0243 e. The Labute approximate surface area is 101 Å².